The summed E-state index contributed by atoms with van der Waals surface area (Å²) in [6.07, 6.45) is 8.59. The SMILES string of the molecule is COc1ccc(C2(CNc3ncccc3S(C)(=O)=O)CCCCC2)cc1. The van der Waals surface area contributed by atoms with Crippen molar-refractivity contribution in [3.8, 4) is 5.75 Å². The average Bonchev–Trinajstić information content (AvgIpc) is 2.67. The molecule has 26 heavy (non-hydrogen) atoms. The highest BCUT2D eigenvalue weighted by Crippen LogP contribution is 2.40. The molecule has 1 aliphatic rings. The summed E-state index contributed by atoms with van der Waals surface area (Å²) in [5.41, 5.74) is 1.25. The summed E-state index contributed by atoms with van der Waals surface area (Å²) < 4.78 is 29.3. The monoisotopic (exact) mass is 374 g/mol. The number of rotatable bonds is 6. The van der Waals surface area contributed by atoms with E-state index in [1.807, 2.05) is 12.1 Å². The molecule has 1 aromatic heterocycles. The smallest absolute Gasteiger partial charge is 0.179 e. The zero-order valence-corrected chi connectivity index (χ0v) is 16.2. The molecule has 0 unspecified atom stereocenters. The maximum absolute atomic E-state index is 12.0. The maximum Gasteiger partial charge on any atom is 0.179 e. The van der Waals surface area contributed by atoms with Crippen LogP contribution in [-0.4, -0.2) is 33.3 Å². The van der Waals surface area contributed by atoms with Crippen molar-refractivity contribution in [2.75, 3.05) is 25.2 Å². The molecular formula is C20H26N2O3S. The number of benzene rings is 1. The van der Waals surface area contributed by atoms with Gasteiger partial charge in [-0.2, -0.15) is 0 Å². The fourth-order valence-electron chi connectivity index (χ4n) is 3.82. The third kappa shape index (κ3) is 4.01. The Kier molecular flexibility index (Phi) is 5.51. The van der Waals surface area contributed by atoms with Crippen molar-refractivity contribution < 1.29 is 13.2 Å². The van der Waals surface area contributed by atoms with Crippen LogP contribution in [0.2, 0.25) is 0 Å². The van der Waals surface area contributed by atoms with Gasteiger partial charge in [0.2, 0.25) is 0 Å². The third-order valence-corrected chi connectivity index (χ3v) is 6.41. The number of nitrogens with one attached hydrogen (secondary N) is 1. The van der Waals surface area contributed by atoms with Crippen LogP contribution in [-0.2, 0) is 15.3 Å². The van der Waals surface area contributed by atoms with E-state index in [9.17, 15) is 8.42 Å². The molecule has 1 aliphatic carbocycles. The van der Waals surface area contributed by atoms with Gasteiger partial charge in [0, 0.05) is 24.4 Å². The Balaban J connectivity index is 1.88. The maximum atomic E-state index is 12.0. The summed E-state index contributed by atoms with van der Waals surface area (Å²) in [7, 11) is -1.65. The number of anilines is 1. The van der Waals surface area contributed by atoms with Crippen LogP contribution in [0.3, 0.4) is 0 Å². The largest absolute Gasteiger partial charge is 0.497 e. The molecule has 0 bridgehead atoms. The lowest BCUT2D eigenvalue weighted by molar-refractivity contribution is 0.307. The molecule has 3 rings (SSSR count). The number of ether oxygens (including phenoxy) is 1. The molecule has 1 heterocycles. The normalized spacial score (nSPS) is 16.8. The Morgan fingerprint density at radius 3 is 2.42 bits per heavy atom. The average molecular weight is 375 g/mol. The van der Waals surface area contributed by atoms with E-state index in [4.69, 9.17) is 4.74 Å². The molecule has 2 aromatic rings. The van der Waals surface area contributed by atoms with Crippen molar-refractivity contribution >= 4 is 15.7 Å². The number of nitrogens with zero attached hydrogens (tertiary/aromatic N) is 1. The number of hydrogen-bond donors (Lipinski definition) is 1. The van der Waals surface area contributed by atoms with Crippen molar-refractivity contribution in [1.82, 2.24) is 4.98 Å². The number of pyridine rings is 1. The van der Waals surface area contributed by atoms with Crippen molar-refractivity contribution in [3.63, 3.8) is 0 Å². The first kappa shape index (κ1) is 18.7. The molecule has 0 amide bonds. The molecule has 1 N–H and O–H groups in total. The molecule has 0 radical (unpaired) electrons. The molecule has 1 aromatic carbocycles. The van der Waals surface area contributed by atoms with Crippen LogP contribution in [0.15, 0.2) is 47.5 Å². The summed E-state index contributed by atoms with van der Waals surface area (Å²) in [5, 5.41) is 3.34. The molecule has 1 fully saturated rings. The summed E-state index contributed by atoms with van der Waals surface area (Å²) in [5.74, 6) is 1.28. The Bertz CT molecular complexity index is 842. The van der Waals surface area contributed by atoms with Gasteiger partial charge in [-0.25, -0.2) is 13.4 Å². The van der Waals surface area contributed by atoms with Gasteiger partial charge in [0.05, 0.1) is 7.11 Å². The standard InChI is InChI=1S/C20H26N2O3S/c1-25-17-10-8-16(9-11-17)20(12-4-3-5-13-20)15-22-19-18(26(2,23)24)7-6-14-21-19/h6-11,14H,3-5,12-13,15H2,1-2H3,(H,21,22). The van der Waals surface area contributed by atoms with Gasteiger partial charge < -0.3 is 10.1 Å². The highest BCUT2D eigenvalue weighted by molar-refractivity contribution is 7.90. The van der Waals surface area contributed by atoms with Crippen molar-refractivity contribution in [3.05, 3.63) is 48.2 Å². The van der Waals surface area contributed by atoms with Crippen LogP contribution in [0.4, 0.5) is 5.82 Å². The van der Waals surface area contributed by atoms with Gasteiger partial charge in [-0.15, -0.1) is 0 Å². The molecule has 5 nitrogen and oxygen atoms in total. The summed E-state index contributed by atoms with van der Waals surface area (Å²) in [6, 6.07) is 11.5. The van der Waals surface area contributed by atoms with Crippen molar-refractivity contribution in [2.45, 2.75) is 42.4 Å². The number of sulfone groups is 1. The fourth-order valence-corrected chi connectivity index (χ4v) is 4.62. The van der Waals surface area contributed by atoms with Gasteiger partial charge in [-0.1, -0.05) is 31.4 Å². The van der Waals surface area contributed by atoms with E-state index in [0.717, 1.165) is 18.6 Å². The Hall–Kier alpha value is -2.08. The summed E-state index contributed by atoms with van der Waals surface area (Å²) >= 11 is 0. The highest BCUT2D eigenvalue weighted by Gasteiger charge is 2.34. The lowest BCUT2D eigenvalue weighted by atomic mass is 9.69. The van der Waals surface area contributed by atoms with E-state index in [-0.39, 0.29) is 10.3 Å². The van der Waals surface area contributed by atoms with E-state index in [2.05, 4.69) is 22.4 Å². The van der Waals surface area contributed by atoms with Crippen LogP contribution >= 0.6 is 0 Å². The van der Waals surface area contributed by atoms with Gasteiger partial charge in [0.25, 0.3) is 0 Å². The fraction of sp³-hybridized carbons (Fsp3) is 0.450. The van der Waals surface area contributed by atoms with Crippen LogP contribution in [0.25, 0.3) is 0 Å². The van der Waals surface area contributed by atoms with Gasteiger partial charge in [0.15, 0.2) is 9.84 Å². The molecule has 6 heteroatoms. The Morgan fingerprint density at radius 2 is 1.81 bits per heavy atom. The quantitative estimate of drug-likeness (QED) is 0.833. The van der Waals surface area contributed by atoms with Gasteiger partial charge >= 0.3 is 0 Å². The minimum atomic E-state index is -3.32. The first-order valence-electron chi connectivity index (χ1n) is 8.98. The van der Waals surface area contributed by atoms with E-state index in [0.29, 0.717) is 12.4 Å². The molecular weight excluding hydrogens is 348 g/mol. The highest BCUT2D eigenvalue weighted by atomic mass is 32.2. The van der Waals surface area contributed by atoms with Crippen LogP contribution in [0.5, 0.6) is 5.75 Å². The molecule has 0 saturated heterocycles. The number of aromatic nitrogens is 1. The van der Waals surface area contributed by atoms with E-state index in [1.165, 1.54) is 31.1 Å². The summed E-state index contributed by atoms with van der Waals surface area (Å²) in [6.45, 7) is 0.666. The molecule has 140 valence electrons. The zero-order valence-electron chi connectivity index (χ0n) is 15.4. The van der Waals surface area contributed by atoms with Gasteiger partial charge in [-0.05, 0) is 42.7 Å². The Labute approximate surface area is 155 Å². The van der Waals surface area contributed by atoms with Crippen molar-refractivity contribution in [1.29, 1.82) is 0 Å². The molecule has 1 saturated carbocycles. The van der Waals surface area contributed by atoms with Crippen molar-refractivity contribution in [2.24, 2.45) is 0 Å². The topological polar surface area (TPSA) is 68.3 Å². The second-order valence-corrected chi connectivity index (χ2v) is 9.03. The first-order valence-corrected chi connectivity index (χ1v) is 10.9. The Morgan fingerprint density at radius 1 is 1.12 bits per heavy atom. The molecule has 0 aliphatic heterocycles. The number of methoxy groups -OCH3 is 1. The predicted molar refractivity (Wildman–Crippen MR) is 104 cm³/mol. The van der Waals surface area contributed by atoms with Crippen LogP contribution in [0.1, 0.15) is 37.7 Å². The number of hydrogen-bond acceptors (Lipinski definition) is 5. The molecule has 0 spiro atoms. The minimum Gasteiger partial charge on any atom is -0.497 e. The predicted octanol–water partition coefficient (Wildman–Crippen LogP) is 3.81. The molecule has 0 atom stereocenters. The van der Waals surface area contributed by atoms with E-state index in [1.54, 1.807) is 25.4 Å². The third-order valence-electron chi connectivity index (χ3n) is 5.28. The minimum absolute atomic E-state index is 0.0170. The lowest BCUT2D eigenvalue weighted by Crippen LogP contribution is -2.37. The van der Waals surface area contributed by atoms with Crippen LogP contribution in [0, 0.1) is 0 Å². The summed E-state index contributed by atoms with van der Waals surface area (Å²) in [4.78, 5) is 4.52. The lowest BCUT2D eigenvalue weighted by Gasteiger charge is -2.38. The first-order chi connectivity index (χ1) is 12.4. The zero-order chi connectivity index (χ0) is 18.6. The van der Waals surface area contributed by atoms with Crippen LogP contribution < -0.4 is 10.1 Å². The second kappa shape index (κ2) is 7.66. The van der Waals surface area contributed by atoms with E-state index >= 15 is 0 Å². The van der Waals surface area contributed by atoms with E-state index < -0.39 is 9.84 Å². The van der Waals surface area contributed by atoms with Gasteiger partial charge in [-0.3, -0.25) is 0 Å². The van der Waals surface area contributed by atoms with Gasteiger partial charge in [0.1, 0.15) is 16.5 Å². The second-order valence-electron chi connectivity index (χ2n) is 7.05.